The summed E-state index contributed by atoms with van der Waals surface area (Å²) in [5.74, 6) is -0.184. The van der Waals surface area contributed by atoms with Crippen molar-refractivity contribution in [2.75, 3.05) is 6.54 Å². The van der Waals surface area contributed by atoms with E-state index in [-0.39, 0.29) is 22.3 Å². The Morgan fingerprint density at radius 3 is 2.21 bits per heavy atom. The van der Waals surface area contributed by atoms with E-state index in [1.54, 1.807) is 30.3 Å². The maximum absolute atomic E-state index is 12.7. The van der Waals surface area contributed by atoms with E-state index in [0.717, 1.165) is 5.56 Å². The summed E-state index contributed by atoms with van der Waals surface area (Å²) in [6.45, 7) is 4.65. The Hall–Kier alpha value is -2.86. The number of furan rings is 1. The minimum atomic E-state index is -3.57. The number of sulfone groups is 1. The predicted molar refractivity (Wildman–Crippen MR) is 112 cm³/mol. The van der Waals surface area contributed by atoms with Crippen molar-refractivity contribution < 1.29 is 17.6 Å². The van der Waals surface area contributed by atoms with Crippen molar-refractivity contribution in [2.45, 2.75) is 30.4 Å². The Morgan fingerprint density at radius 2 is 1.59 bits per heavy atom. The third kappa shape index (κ3) is 5.15. The van der Waals surface area contributed by atoms with E-state index >= 15 is 0 Å². The number of hydrogen-bond acceptors (Lipinski definition) is 4. The first-order valence-corrected chi connectivity index (χ1v) is 11.2. The number of nitrogens with one attached hydrogen (secondary N) is 1. The number of amides is 1. The first kappa shape index (κ1) is 20.9. The monoisotopic (exact) mass is 411 g/mol. The van der Waals surface area contributed by atoms with Gasteiger partial charge in [0.05, 0.1) is 16.9 Å². The molecule has 3 rings (SSSR count). The Morgan fingerprint density at radius 1 is 0.966 bits per heavy atom. The maximum atomic E-state index is 12.7. The average molecular weight is 412 g/mol. The summed E-state index contributed by atoms with van der Waals surface area (Å²) in [4.78, 5) is 12.9. The molecule has 1 aromatic heterocycles. The lowest BCUT2D eigenvalue weighted by Crippen LogP contribution is -2.30. The molecule has 0 spiro atoms. The summed E-state index contributed by atoms with van der Waals surface area (Å²) in [5, 5.41) is 2.90. The summed E-state index contributed by atoms with van der Waals surface area (Å²) in [6.07, 6.45) is 1.35. The zero-order valence-electron chi connectivity index (χ0n) is 16.5. The second-order valence-corrected chi connectivity index (χ2v) is 9.31. The molecule has 1 N–H and O–H groups in total. The number of hydrogen-bond donors (Lipinski definition) is 1. The van der Waals surface area contributed by atoms with E-state index in [9.17, 15) is 13.2 Å². The van der Waals surface area contributed by atoms with Gasteiger partial charge in [-0.05, 0) is 29.7 Å². The molecule has 1 amide bonds. The Kier molecular flexibility index (Phi) is 6.54. The van der Waals surface area contributed by atoms with Crippen molar-refractivity contribution in [3.63, 3.8) is 0 Å². The molecule has 0 aliphatic rings. The van der Waals surface area contributed by atoms with Crippen LogP contribution in [0.2, 0.25) is 0 Å². The van der Waals surface area contributed by atoms with Crippen molar-refractivity contribution in [2.24, 2.45) is 5.92 Å². The quantitative estimate of drug-likeness (QED) is 0.595. The van der Waals surface area contributed by atoms with Crippen LogP contribution < -0.4 is 5.32 Å². The van der Waals surface area contributed by atoms with Crippen LogP contribution in [0.4, 0.5) is 0 Å². The normalized spacial score (nSPS) is 12.7. The zero-order chi connectivity index (χ0) is 20.9. The highest BCUT2D eigenvalue weighted by Gasteiger charge is 2.24. The summed E-state index contributed by atoms with van der Waals surface area (Å²) < 4.78 is 30.6. The third-order valence-corrected chi connectivity index (χ3v) is 6.60. The molecule has 0 aliphatic carbocycles. The molecule has 2 aromatic carbocycles. The second kappa shape index (κ2) is 9.09. The highest BCUT2D eigenvalue weighted by atomic mass is 32.2. The standard InChI is InChI=1S/C23H25NO4S/c1-17(2)21(18-9-5-3-6-10-18)15-24-23(25)22-19(13-14-28-22)16-29(26,27)20-11-7-4-8-12-20/h3-14,17,21H,15-16H2,1-2H3,(H,24,25). The van der Waals surface area contributed by atoms with E-state index in [4.69, 9.17) is 4.42 Å². The molecule has 0 fully saturated rings. The van der Waals surface area contributed by atoms with Crippen molar-refractivity contribution in [1.82, 2.24) is 5.32 Å². The van der Waals surface area contributed by atoms with E-state index in [1.165, 1.54) is 12.3 Å². The average Bonchev–Trinajstić information content (AvgIpc) is 3.17. The Bertz CT molecular complexity index is 1040. The van der Waals surface area contributed by atoms with Gasteiger partial charge < -0.3 is 9.73 Å². The van der Waals surface area contributed by atoms with Gasteiger partial charge in [-0.25, -0.2) is 8.42 Å². The van der Waals surface area contributed by atoms with E-state index in [2.05, 4.69) is 19.2 Å². The molecular weight excluding hydrogens is 386 g/mol. The molecule has 1 unspecified atom stereocenters. The summed E-state index contributed by atoms with van der Waals surface area (Å²) in [7, 11) is -3.57. The molecule has 152 valence electrons. The van der Waals surface area contributed by atoms with E-state index in [1.807, 2.05) is 30.3 Å². The van der Waals surface area contributed by atoms with Crippen LogP contribution in [-0.2, 0) is 15.6 Å². The molecule has 0 saturated carbocycles. The molecule has 29 heavy (non-hydrogen) atoms. The van der Waals surface area contributed by atoms with Crippen molar-refractivity contribution in [1.29, 1.82) is 0 Å². The van der Waals surface area contributed by atoms with Gasteiger partial charge in [0, 0.05) is 18.0 Å². The van der Waals surface area contributed by atoms with Gasteiger partial charge in [-0.3, -0.25) is 4.79 Å². The fourth-order valence-corrected chi connectivity index (χ4v) is 4.66. The van der Waals surface area contributed by atoms with Crippen molar-refractivity contribution in [3.05, 3.63) is 89.9 Å². The van der Waals surface area contributed by atoms with Gasteiger partial charge in [0.2, 0.25) is 0 Å². The highest BCUT2D eigenvalue weighted by molar-refractivity contribution is 7.90. The van der Waals surface area contributed by atoms with Crippen LogP contribution in [0.25, 0.3) is 0 Å². The molecule has 3 aromatic rings. The first-order valence-electron chi connectivity index (χ1n) is 9.56. The van der Waals surface area contributed by atoms with Crippen molar-refractivity contribution >= 4 is 15.7 Å². The number of carbonyl (C=O) groups excluding carboxylic acids is 1. The molecule has 1 heterocycles. The van der Waals surface area contributed by atoms with Gasteiger partial charge in [-0.2, -0.15) is 0 Å². The fourth-order valence-electron chi connectivity index (χ4n) is 3.29. The molecule has 0 radical (unpaired) electrons. The fraction of sp³-hybridized carbons (Fsp3) is 0.261. The van der Waals surface area contributed by atoms with E-state index in [0.29, 0.717) is 18.0 Å². The highest BCUT2D eigenvalue weighted by Crippen LogP contribution is 2.24. The van der Waals surface area contributed by atoms with Gasteiger partial charge >= 0.3 is 0 Å². The smallest absolute Gasteiger partial charge is 0.287 e. The lowest BCUT2D eigenvalue weighted by atomic mass is 9.88. The first-order chi connectivity index (χ1) is 13.9. The van der Waals surface area contributed by atoms with Crippen LogP contribution in [0.15, 0.2) is 82.3 Å². The minimum Gasteiger partial charge on any atom is -0.459 e. The topological polar surface area (TPSA) is 76.4 Å². The number of benzene rings is 2. The lowest BCUT2D eigenvalue weighted by Gasteiger charge is -2.21. The lowest BCUT2D eigenvalue weighted by molar-refractivity contribution is 0.0920. The Labute approximate surface area is 171 Å². The van der Waals surface area contributed by atoms with Crippen LogP contribution in [0, 0.1) is 5.92 Å². The molecular formula is C23H25NO4S. The molecule has 0 aliphatic heterocycles. The summed E-state index contributed by atoms with van der Waals surface area (Å²) in [5.41, 5.74) is 1.50. The van der Waals surface area contributed by atoms with Crippen LogP contribution >= 0.6 is 0 Å². The van der Waals surface area contributed by atoms with Gasteiger partial charge in [0.1, 0.15) is 0 Å². The molecule has 1 atom stereocenters. The molecule has 0 saturated heterocycles. The number of carbonyl (C=O) groups is 1. The van der Waals surface area contributed by atoms with Crippen LogP contribution in [0.5, 0.6) is 0 Å². The van der Waals surface area contributed by atoms with Crippen molar-refractivity contribution in [3.8, 4) is 0 Å². The maximum Gasteiger partial charge on any atom is 0.287 e. The SMILES string of the molecule is CC(C)C(CNC(=O)c1occc1CS(=O)(=O)c1ccccc1)c1ccccc1. The molecule has 6 heteroatoms. The largest absolute Gasteiger partial charge is 0.459 e. The summed E-state index contributed by atoms with van der Waals surface area (Å²) in [6, 6.07) is 19.7. The second-order valence-electron chi connectivity index (χ2n) is 7.32. The van der Waals surface area contributed by atoms with Crippen LogP contribution in [0.3, 0.4) is 0 Å². The van der Waals surface area contributed by atoms with Gasteiger partial charge in [-0.15, -0.1) is 0 Å². The molecule has 0 bridgehead atoms. The Balaban J connectivity index is 1.72. The zero-order valence-corrected chi connectivity index (χ0v) is 17.4. The van der Waals surface area contributed by atoms with Gasteiger partial charge in [0.25, 0.3) is 5.91 Å². The van der Waals surface area contributed by atoms with Gasteiger partial charge in [0.15, 0.2) is 15.6 Å². The minimum absolute atomic E-state index is 0.0417. The van der Waals surface area contributed by atoms with Crippen LogP contribution in [-0.4, -0.2) is 20.9 Å². The van der Waals surface area contributed by atoms with Crippen LogP contribution in [0.1, 0.15) is 41.4 Å². The third-order valence-electron chi connectivity index (χ3n) is 4.92. The van der Waals surface area contributed by atoms with E-state index < -0.39 is 15.7 Å². The number of rotatable bonds is 8. The summed E-state index contributed by atoms with van der Waals surface area (Å²) >= 11 is 0. The predicted octanol–water partition coefficient (Wildman–Crippen LogP) is 4.42. The van der Waals surface area contributed by atoms with Gasteiger partial charge in [-0.1, -0.05) is 62.4 Å². The molecule has 5 nitrogen and oxygen atoms in total.